The minimum Gasteiger partial charge on any atom is -0.491 e. The normalized spacial score (nSPS) is 12.9. The maximum Gasteiger partial charge on any atom is 0.232 e. The third-order valence-electron chi connectivity index (χ3n) is 2.82. The molecule has 4 nitrogen and oxygen atoms in total. The maximum absolute atomic E-state index is 11.9. The molecule has 0 aromatic heterocycles. The SMILES string of the molecule is CCC(C)Oc1cccc(NS(=O)(=O)CCCCCl)c1. The molecule has 1 aromatic carbocycles. The van der Waals surface area contributed by atoms with Crippen molar-refractivity contribution in [3.63, 3.8) is 0 Å². The molecular formula is C14H22ClNO3S. The van der Waals surface area contributed by atoms with E-state index in [1.54, 1.807) is 18.2 Å². The average molecular weight is 320 g/mol. The molecule has 0 spiro atoms. The third kappa shape index (κ3) is 6.48. The molecule has 1 atom stereocenters. The molecule has 114 valence electrons. The number of ether oxygens (including phenoxy) is 1. The molecular weight excluding hydrogens is 298 g/mol. The summed E-state index contributed by atoms with van der Waals surface area (Å²) in [6.07, 6.45) is 2.25. The van der Waals surface area contributed by atoms with Crippen molar-refractivity contribution in [1.29, 1.82) is 0 Å². The number of alkyl halides is 1. The summed E-state index contributed by atoms with van der Waals surface area (Å²) >= 11 is 5.54. The molecule has 1 unspecified atom stereocenters. The van der Waals surface area contributed by atoms with Crippen molar-refractivity contribution in [2.24, 2.45) is 0 Å². The molecule has 0 heterocycles. The summed E-state index contributed by atoms with van der Waals surface area (Å²) in [7, 11) is -3.32. The standard InChI is InChI=1S/C14H22ClNO3S/c1-3-12(2)19-14-8-6-7-13(11-14)16-20(17,18)10-5-4-9-15/h6-8,11-12,16H,3-5,9-10H2,1-2H3. The van der Waals surface area contributed by atoms with Crippen LogP contribution in [0.3, 0.4) is 0 Å². The van der Waals surface area contributed by atoms with Crippen LogP contribution in [0.2, 0.25) is 0 Å². The molecule has 0 fully saturated rings. The summed E-state index contributed by atoms with van der Waals surface area (Å²) in [5.41, 5.74) is 0.525. The number of sulfonamides is 1. The molecule has 0 saturated heterocycles. The van der Waals surface area contributed by atoms with Gasteiger partial charge in [-0.25, -0.2) is 8.42 Å². The molecule has 1 aromatic rings. The summed E-state index contributed by atoms with van der Waals surface area (Å²) in [6.45, 7) is 4.01. The minimum absolute atomic E-state index is 0.0795. The van der Waals surface area contributed by atoms with Crippen LogP contribution in [-0.4, -0.2) is 26.2 Å². The van der Waals surface area contributed by atoms with Crippen molar-refractivity contribution in [1.82, 2.24) is 0 Å². The van der Waals surface area contributed by atoms with E-state index in [0.717, 1.165) is 6.42 Å². The lowest BCUT2D eigenvalue weighted by Gasteiger charge is -2.14. The van der Waals surface area contributed by atoms with Gasteiger partial charge in [0.25, 0.3) is 0 Å². The van der Waals surface area contributed by atoms with E-state index in [9.17, 15) is 8.42 Å². The predicted molar refractivity (Wildman–Crippen MR) is 84.2 cm³/mol. The number of unbranched alkanes of at least 4 members (excludes halogenated alkanes) is 1. The van der Waals surface area contributed by atoms with Gasteiger partial charge in [-0.2, -0.15) is 0 Å². The zero-order valence-corrected chi connectivity index (χ0v) is 13.5. The van der Waals surface area contributed by atoms with Gasteiger partial charge >= 0.3 is 0 Å². The lowest BCUT2D eigenvalue weighted by Crippen LogP contribution is -2.17. The molecule has 20 heavy (non-hydrogen) atoms. The van der Waals surface area contributed by atoms with Crippen molar-refractivity contribution in [2.45, 2.75) is 39.2 Å². The van der Waals surface area contributed by atoms with Crippen LogP contribution in [-0.2, 0) is 10.0 Å². The first-order valence-corrected chi connectivity index (χ1v) is 8.98. The highest BCUT2D eigenvalue weighted by Gasteiger charge is 2.10. The molecule has 1 N–H and O–H groups in total. The lowest BCUT2D eigenvalue weighted by atomic mass is 10.3. The summed E-state index contributed by atoms with van der Waals surface area (Å²) in [4.78, 5) is 0. The maximum atomic E-state index is 11.9. The topological polar surface area (TPSA) is 55.4 Å². The number of hydrogen-bond donors (Lipinski definition) is 1. The number of hydrogen-bond acceptors (Lipinski definition) is 3. The van der Waals surface area contributed by atoms with Gasteiger partial charge in [0.15, 0.2) is 0 Å². The second kappa shape index (κ2) is 8.37. The van der Waals surface area contributed by atoms with Gasteiger partial charge in [-0.1, -0.05) is 13.0 Å². The fraction of sp³-hybridized carbons (Fsp3) is 0.571. The average Bonchev–Trinajstić information content (AvgIpc) is 2.38. The fourth-order valence-corrected chi connectivity index (χ4v) is 2.93. The van der Waals surface area contributed by atoms with E-state index in [1.165, 1.54) is 0 Å². The first-order valence-electron chi connectivity index (χ1n) is 6.80. The van der Waals surface area contributed by atoms with Gasteiger partial charge in [-0.05, 0) is 38.3 Å². The summed E-state index contributed by atoms with van der Waals surface area (Å²) in [5.74, 6) is 1.23. The Hall–Kier alpha value is -0.940. The van der Waals surface area contributed by atoms with E-state index in [1.807, 2.05) is 19.9 Å². The van der Waals surface area contributed by atoms with E-state index in [0.29, 0.717) is 30.2 Å². The highest BCUT2D eigenvalue weighted by Crippen LogP contribution is 2.20. The first kappa shape index (κ1) is 17.1. The van der Waals surface area contributed by atoms with E-state index in [-0.39, 0.29) is 11.9 Å². The third-order valence-corrected chi connectivity index (χ3v) is 4.46. The molecule has 0 bridgehead atoms. The Kier molecular flexibility index (Phi) is 7.16. The molecule has 0 radical (unpaired) electrons. The van der Waals surface area contributed by atoms with Crippen LogP contribution >= 0.6 is 11.6 Å². The fourth-order valence-electron chi connectivity index (χ4n) is 1.57. The molecule has 6 heteroatoms. The van der Waals surface area contributed by atoms with Crippen LogP contribution in [0.4, 0.5) is 5.69 Å². The van der Waals surface area contributed by atoms with Crippen LogP contribution in [0.15, 0.2) is 24.3 Å². The van der Waals surface area contributed by atoms with Gasteiger partial charge in [0.1, 0.15) is 5.75 Å². The van der Waals surface area contributed by atoms with Gasteiger partial charge in [-0.3, -0.25) is 4.72 Å². The van der Waals surface area contributed by atoms with Crippen LogP contribution in [0.25, 0.3) is 0 Å². The van der Waals surface area contributed by atoms with Crippen molar-refractivity contribution in [3.8, 4) is 5.75 Å². The van der Waals surface area contributed by atoms with Crippen LogP contribution in [0, 0.1) is 0 Å². The Morgan fingerprint density at radius 3 is 2.75 bits per heavy atom. The van der Waals surface area contributed by atoms with Crippen molar-refractivity contribution in [3.05, 3.63) is 24.3 Å². The molecule has 0 aliphatic heterocycles. The predicted octanol–water partition coefficient (Wildman–Crippen LogP) is 3.62. The van der Waals surface area contributed by atoms with Gasteiger partial charge in [-0.15, -0.1) is 11.6 Å². The van der Waals surface area contributed by atoms with Gasteiger partial charge in [0, 0.05) is 11.9 Å². The molecule has 0 amide bonds. The zero-order chi connectivity index (χ0) is 15.0. The van der Waals surface area contributed by atoms with Crippen molar-refractivity contribution >= 4 is 27.3 Å². The lowest BCUT2D eigenvalue weighted by molar-refractivity contribution is 0.217. The monoisotopic (exact) mass is 319 g/mol. The van der Waals surface area contributed by atoms with E-state index >= 15 is 0 Å². The quantitative estimate of drug-likeness (QED) is 0.558. The molecule has 0 aliphatic carbocycles. The Bertz CT molecular complexity index is 505. The van der Waals surface area contributed by atoms with Crippen molar-refractivity contribution in [2.75, 3.05) is 16.4 Å². The summed E-state index contributed by atoms with van der Waals surface area (Å²) < 4.78 is 32.0. The first-order chi connectivity index (χ1) is 9.46. The van der Waals surface area contributed by atoms with Crippen molar-refractivity contribution < 1.29 is 13.2 Å². The zero-order valence-electron chi connectivity index (χ0n) is 11.9. The van der Waals surface area contributed by atoms with Crippen LogP contribution < -0.4 is 9.46 Å². The highest BCUT2D eigenvalue weighted by molar-refractivity contribution is 7.92. The molecule has 1 rings (SSSR count). The Labute approximate surface area is 126 Å². The number of nitrogens with one attached hydrogen (secondary N) is 1. The van der Waals surface area contributed by atoms with Crippen LogP contribution in [0.1, 0.15) is 33.1 Å². The second-order valence-electron chi connectivity index (χ2n) is 4.68. The minimum atomic E-state index is -3.32. The van der Waals surface area contributed by atoms with E-state index in [4.69, 9.17) is 16.3 Å². The number of rotatable bonds is 9. The number of anilines is 1. The Morgan fingerprint density at radius 2 is 2.10 bits per heavy atom. The van der Waals surface area contributed by atoms with E-state index < -0.39 is 10.0 Å². The summed E-state index contributed by atoms with van der Waals surface area (Å²) in [5, 5.41) is 0. The van der Waals surface area contributed by atoms with Crippen LogP contribution in [0.5, 0.6) is 5.75 Å². The summed E-state index contributed by atoms with van der Waals surface area (Å²) in [6, 6.07) is 7.00. The highest BCUT2D eigenvalue weighted by atomic mass is 35.5. The number of benzene rings is 1. The molecule has 0 aliphatic rings. The molecule has 0 saturated carbocycles. The van der Waals surface area contributed by atoms with E-state index in [2.05, 4.69) is 4.72 Å². The van der Waals surface area contributed by atoms with Gasteiger partial charge in [0.05, 0.1) is 17.5 Å². The number of halogens is 1. The smallest absolute Gasteiger partial charge is 0.232 e. The van der Waals surface area contributed by atoms with Gasteiger partial charge in [0.2, 0.25) is 10.0 Å². The van der Waals surface area contributed by atoms with Gasteiger partial charge < -0.3 is 4.74 Å². The largest absolute Gasteiger partial charge is 0.491 e. The Morgan fingerprint density at radius 1 is 1.35 bits per heavy atom. The Balaban J connectivity index is 2.65. The second-order valence-corrected chi connectivity index (χ2v) is 6.90.